The zero-order valence-electron chi connectivity index (χ0n) is 13.0. The largest absolute Gasteiger partial charge is 0.490 e. The van der Waals surface area contributed by atoms with Gasteiger partial charge in [-0.25, -0.2) is 8.42 Å². The summed E-state index contributed by atoms with van der Waals surface area (Å²) in [7, 11) is -3.03. The molecule has 0 unspecified atom stereocenters. The molecular weight excluding hydrogens is 318 g/mol. The van der Waals surface area contributed by atoms with Gasteiger partial charge in [0.15, 0.2) is 9.84 Å². The van der Waals surface area contributed by atoms with Crippen LogP contribution >= 0.6 is 0 Å². The molecule has 2 aromatic rings. The smallest absolute Gasteiger partial charge is 0.251 e. The number of rotatable bonds is 4. The number of hydrogen-bond acceptors (Lipinski definition) is 5. The number of carbonyl (C=O) groups is 1. The van der Waals surface area contributed by atoms with Crippen LogP contribution in [0.2, 0.25) is 0 Å². The monoisotopic (exact) mass is 337 g/mol. The van der Waals surface area contributed by atoms with Gasteiger partial charge in [0.1, 0.15) is 11.3 Å². The Kier molecular flexibility index (Phi) is 4.06. The number of furan rings is 1. The standard InChI is InChI=1S/C16H19NO5S/c1-10(2)22-15-8-11(7-14-13(15)3-5-21-14)16(18)17-12-4-6-23(19,20)9-12/h3,5,7-8,10,12H,4,6,9H2,1-2H3,(H,17,18)/t12-/m0/s1. The predicted molar refractivity (Wildman–Crippen MR) is 86.5 cm³/mol. The first-order chi connectivity index (χ1) is 10.8. The Labute approximate surface area is 134 Å². The van der Waals surface area contributed by atoms with Gasteiger partial charge in [0.05, 0.1) is 29.3 Å². The molecular formula is C16H19NO5S. The molecule has 1 fully saturated rings. The minimum atomic E-state index is -3.03. The third-order valence-corrected chi connectivity index (χ3v) is 5.49. The van der Waals surface area contributed by atoms with Gasteiger partial charge in [-0.2, -0.15) is 0 Å². The highest BCUT2D eigenvalue weighted by Crippen LogP contribution is 2.29. The number of carbonyl (C=O) groups excluding carboxylic acids is 1. The second kappa shape index (κ2) is 5.88. The summed E-state index contributed by atoms with van der Waals surface area (Å²) in [5.41, 5.74) is 0.958. The molecule has 124 valence electrons. The molecule has 7 heteroatoms. The first-order valence-corrected chi connectivity index (χ1v) is 9.35. The number of amides is 1. The summed E-state index contributed by atoms with van der Waals surface area (Å²) in [6.45, 7) is 3.81. The van der Waals surface area contributed by atoms with Crippen LogP contribution in [-0.4, -0.2) is 38.0 Å². The van der Waals surface area contributed by atoms with Gasteiger partial charge in [0, 0.05) is 11.6 Å². The molecule has 1 aliphatic heterocycles. The van der Waals surface area contributed by atoms with Gasteiger partial charge in [0.25, 0.3) is 5.91 Å². The maximum atomic E-state index is 12.4. The lowest BCUT2D eigenvalue weighted by Gasteiger charge is -2.14. The fourth-order valence-corrected chi connectivity index (χ4v) is 4.37. The molecule has 0 spiro atoms. The Hall–Kier alpha value is -2.02. The first kappa shape index (κ1) is 15.9. The van der Waals surface area contributed by atoms with Crippen molar-refractivity contribution in [1.29, 1.82) is 0 Å². The summed E-state index contributed by atoms with van der Waals surface area (Å²) in [6.07, 6.45) is 1.96. The van der Waals surface area contributed by atoms with Gasteiger partial charge < -0.3 is 14.5 Å². The summed E-state index contributed by atoms with van der Waals surface area (Å²) < 4.78 is 34.1. The van der Waals surface area contributed by atoms with Crippen LogP contribution < -0.4 is 10.1 Å². The summed E-state index contributed by atoms with van der Waals surface area (Å²) in [5, 5.41) is 3.58. The molecule has 1 saturated heterocycles. The summed E-state index contributed by atoms with van der Waals surface area (Å²) in [4.78, 5) is 12.4. The molecule has 1 aromatic heterocycles. The van der Waals surface area contributed by atoms with E-state index in [1.54, 1.807) is 24.5 Å². The second-order valence-electron chi connectivity index (χ2n) is 6.05. The molecule has 0 bridgehead atoms. The van der Waals surface area contributed by atoms with Crippen LogP contribution in [0.15, 0.2) is 28.9 Å². The van der Waals surface area contributed by atoms with Crippen molar-refractivity contribution in [1.82, 2.24) is 5.32 Å². The molecule has 0 saturated carbocycles. The third-order valence-electron chi connectivity index (χ3n) is 3.73. The quantitative estimate of drug-likeness (QED) is 0.924. The van der Waals surface area contributed by atoms with Crippen LogP contribution in [-0.2, 0) is 9.84 Å². The molecule has 2 heterocycles. The topological polar surface area (TPSA) is 85.6 Å². The van der Waals surface area contributed by atoms with Crippen molar-refractivity contribution >= 4 is 26.7 Å². The molecule has 0 aliphatic carbocycles. The lowest BCUT2D eigenvalue weighted by atomic mass is 10.1. The highest BCUT2D eigenvalue weighted by Gasteiger charge is 2.29. The molecule has 1 atom stereocenters. The molecule has 1 aromatic carbocycles. The van der Waals surface area contributed by atoms with Gasteiger partial charge in [-0.3, -0.25) is 4.79 Å². The van der Waals surface area contributed by atoms with Gasteiger partial charge in [-0.05, 0) is 38.5 Å². The Morgan fingerprint density at radius 3 is 2.83 bits per heavy atom. The van der Waals surface area contributed by atoms with E-state index in [0.717, 1.165) is 5.39 Å². The van der Waals surface area contributed by atoms with Crippen molar-refractivity contribution in [3.05, 3.63) is 30.0 Å². The Morgan fingerprint density at radius 1 is 1.39 bits per heavy atom. The van der Waals surface area contributed by atoms with Crippen molar-refractivity contribution in [2.75, 3.05) is 11.5 Å². The van der Waals surface area contributed by atoms with Crippen LogP contribution in [0.1, 0.15) is 30.6 Å². The number of benzene rings is 1. The van der Waals surface area contributed by atoms with Crippen LogP contribution in [0.3, 0.4) is 0 Å². The van der Waals surface area contributed by atoms with E-state index in [1.165, 1.54) is 0 Å². The number of sulfone groups is 1. The normalized spacial score (nSPS) is 20.0. The summed E-state index contributed by atoms with van der Waals surface area (Å²) >= 11 is 0. The van der Waals surface area contributed by atoms with Crippen LogP contribution in [0, 0.1) is 0 Å². The maximum Gasteiger partial charge on any atom is 0.251 e. The van der Waals surface area contributed by atoms with E-state index < -0.39 is 9.84 Å². The fourth-order valence-electron chi connectivity index (χ4n) is 2.70. The van der Waals surface area contributed by atoms with Gasteiger partial charge >= 0.3 is 0 Å². The van der Waals surface area contributed by atoms with Crippen molar-refractivity contribution in [2.45, 2.75) is 32.4 Å². The van der Waals surface area contributed by atoms with E-state index in [9.17, 15) is 13.2 Å². The minimum absolute atomic E-state index is 0.00289. The summed E-state index contributed by atoms with van der Waals surface area (Å²) in [5.74, 6) is 0.378. The number of ether oxygens (including phenoxy) is 1. The zero-order valence-corrected chi connectivity index (χ0v) is 13.9. The Balaban J connectivity index is 1.85. The van der Waals surface area contributed by atoms with Gasteiger partial charge in [0.2, 0.25) is 0 Å². The molecule has 3 rings (SSSR count). The van der Waals surface area contributed by atoms with Crippen molar-refractivity contribution in [2.24, 2.45) is 0 Å². The van der Waals surface area contributed by atoms with E-state index in [0.29, 0.717) is 23.3 Å². The van der Waals surface area contributed by atoms with Crippen LogP contribution in [0.5, 0.6) is 5.75 Å². The Morgan fingerprint density at radius 2 is 2.17 bits per heavy atom. The second-order valence-corrected chi connectivity index (χ2v) is 8.28. The number of fused-ring (bicyclic) bond motifs is 1. The molecule has 23 heavy (non-hydrogen) atoms. The molecule has 6 nitrogen and oxygen atoms in total. The number of nitrogens with one attached hydrogen (secondary N) is 1. The molecule has 1 N–H and O–H groups in total. The van der Waals surface area contributed by atoms with E-state index in [1.807, 2.05) is 13.8 Å². The van der Waals surface area contributed by atoms with E-state index >= 15 is 0 Å². The SMILES string of the molecule is CC(C)Oc1cc(C(=O)N[C@H]2CCS(=O)(=O)C2)cc2occc12. The van der Waals surface area contributed by atoms with Crippen LogP contribution in [0.4, 0.5) is 0 Å². The third kappa shape index (κ3) is 3.50. The molecule has 0 radical (unpaired) electrons. The van der Waals surface area contributed by atoms with Crippen LogP contribution in [0.25, 0.3) is 11.0 Å². The fraction of sp³-hybridized carbons (Fsp3) is 0.438. The number of hydrogen-bond donors (Lipinski definition) is 1. The lowest BCUT2D eigenvalue weighted by molar-refractivity contribution is 0.0940. The maximum absolute atomic E-state index is 12.4. The van der Waals surface area contributed by atoms with E-state index in [-0.39, 0.29) is 29.6 Å². The zero-order chi connectivity index (χ0) is 16.6. The van der Waals surface area contributed by atoms with E-state index in [4.69, 9.17) is 9.15 Å². The minimum Gasteiger partial charge on any atom is -0.490 e. The lowest BCUT2D eigenvalue weighted by Crippen LogP contribution is -2.35. The van der Waals surface area contributed by atoms with Crippen molar-refractivity contribution < 1.29 is 22.4 Å². The van der Waals surface area contributed by atoms with Gasteiger partial charge in [-0.15, -0.1) is 0 Å². The van der Waals surface area contributed by atoms with E-state index in [2.05, 4.69) is 5.32 Å². The average molecular weight is 337 g/mol. The van der Waals surface area contributed by atoms with Crippen molar-refractivity contribution in [3.8, 4) is 5.75 Å². The average Bonchev–Trinajstić information content (AvgIpc) is 3.04. The summed E-state index contributed by atoms with van der Waals surface area (Å²) in [6, 6.07) is 4.75. The highest BCUT2D eigenvalue weighted by atomic mass is 32.2. The molecule has 1 aliphatic rings. The first-order valence-electron chi connectivity index (χ1n) is 7.53. The van der Waals surface area contributed by atoms with Gasteiger partial charge in [-0.1, -0.05) is 0 Å². The molecule has 1 amide bonds. The van der Waals surface area contributed by atoms with Crippen molar-refractivity contribution in [3.63, 3.8) is 0 Å². The Bertz CT molecular complexity index is 837. The highest BCUT2D eigenvalue weighted by molar-refractivity contribution is 7.91. The predicted octanol–water partition coefficient (Wildman–Crippen LogP) is 2.14.